The molecule has 0 radical (unpaired) electrons. The molecule has 164 valence electrons. The van der Waals surface area contributed by atoms with E-state index in [2.05, 4.69) is 30.4 Å². The molecule has 0 aliphatic rings. The van der Waals surface area contributed by atoms with Gasteiger partial charge in [0.1, 0.15) is 5.01 Å². The summed E-state index contributed by atoms with van der Waals surface area (Å²) in [6, 6.07) is 19.9. The summed E-state index contributed by atoms with van der Waals surface area (Å²) in [6.45, 7) is 4.01. The zero-order valence-electron chi connectivity index (χ0n) is 18.6. The molecule has 0 saturated heterocycles. The Morgan fingerprint density at radius 1 is 1.00 bits per heavy atom. The van der Waals surface area contributed by atoms with Gasteiger partial charge in [-0.05, 0) is 73.0 Å². The Bertz CT molecular complexity index is 1250. The van der Waals surface area contributed by atoms with E-state index < -0.39 is 0 Å². The first-order chi connectivity index (χ1) is 15.5. The van der Waals surface area contributed by atoms with Crippen molar-refractivity contribution in [3.8, 4) is 22.1 Å². The molecule has 1 heterocycles. The number of aryl methyl sites for hydroxylation is 1. The average molecular weight is 447 g/mol. The number of methoxy groups -OCH3 is 2. The van der Waals surface area contributed by atoms with Gasteiger partial charge in [0.25, 0.3) is 0 Å². The Morgan fingerprint density at radius 3 is 2.47 bits per heavy atom. The summed E-state index contributed by atoms with van der Waals surface area (Å²) in [6.07, 6.45) is 0.607. The molecule has 3 aromatic carbocycles. The van der Waals surface area contributed by atoms with Crippen molar-refractivity contribution in [2.45, 2.75) is 20.3 Å². The molecule has 5 nitrogen and oxygen atoms in total. The van der Waals surface area contributed by atoms with Crippen LogP contribution in [-0.2, 0) is 11.2 Å². The van der Waals surface area contributed by atoms with E-state index >= 15 is 0 Å². The highest BCUT2D eigenvalue weighted by atomic mass is 32.1. The first-order valence-corrected chi connectivity index (χ1v) is 11.3. The molecular weight excluding hydrogens is 420 g/mol. The van der Waals surface area contributed by atoms with E-state index in [9.17, 15) is 4.79 Å². The fraction of sp³-hybridized carbons (Fsp3) is 0.231. The standard InChI is InChI=1S/C26H26N2O3S/c1-16-5-11-21-24(13-16)32-26(28-21)19-7-9-20(10-8-19)27-25(29)17(2)14-18-6-12-22(30-3)23(15-18)31-4/h5-13,15,17H,14H2,1-4H3,(H,27,29). The summed E-state index contributed by atoms with van der Waals surface area (Å²) in [5.41, 5.74) is 5.08. The van der Waals surface area contributed by atoms with Crippen molar-refractivity contribution >= 4 is 33.1 Å². The van der Waals surface area contributed by atoms with Gasteiger partial charge in [-0.15, -0.1) is 11.3 Å². The van der Waals surface area contributed by atoms with Crippen LogP contribution in [0.25, 0.3) is 20.8 Å². The monoisotopic (exact) mass is 446 g/mol. The number of nitrogens with one attached hydrogen (secondary N) is 1. The zero-order chi connectivity index (χ0) is 22.7. The van der Waals surface area contributed by atoms with Crippen molar-refractivity contribution in [3.05, 3.63) is 71.8 Å². The summed E-state index contributed by atoms with van der Waals surface area (Å²) in [5.74, 6) is 1.12. The van der Waals surface area contributed by atoms with Crippen molar-refractivity contribution in [2.24, 2.45) is 5.92 Å². The molecule has 4 rings (SSSR count). The van der Waals surface area contributed by atoms with Crippen LogP contribution >= 0.6 is 11.3 Å². The zero-order valence-corrected chi connectivity index (χ0v) is 19.5. The third kappa shape index (κ3) is 4.75. The van der Waals surface area contributed by atoms with Crippen LogP contribution in [0.4, 0.5) is 5.69 Å². The fourth-order valence-corrected chi connectivity index (χ4v) is 4.64. The molecule has 0 aliphatic heterocycles. The highest BCUT2D eigenvalue weighted by molar-refractivity contribution is 7.21. The topological polar surface area (TPSA) is 60.5 Å². The lowest BCUT2D eigenvalue weighted by atomic mass is 10.00. The number of hydrogen-bond donors (Lipinski definition) is 1. The number of ether oxygens (including phenoxy) is 2. The molecule has 0 aliphatic carbocycles. The number of amides is 1. The molecule has 6 heteroatoms. The van der Waals surface area contributed by atoms with E-state index in [0.717, 1.165) is 27.3 Å². The number of benzene rings is 3. The number of fused-ring (bicyclic) bond motifs is 1. The van der Waals surface area contributed by atoms with Crippen LogP contribution in [0.2, 0.25) is 0 Å². The van der Waals surface area contributed by atoms with Gasteiger partial charge < -0.3 is 14.8 Å². The summed E-state index contributed by atoms with van der Waals surface area (Å²) < 4.78 is 11.8. The van der Waals surface area contributed by atoms with Gasteiger partial charge >= 0.3 is 0 Å². The van der Waals surface area contributed by atoms with E-state index in [0.29, 0.717) is 17.9 Å². The molecule has 1 unspecified atom stereocenters. The molecule has 0 saturated carbocycles. The fourth-order valence-electron chi connectivity index (χ4n) is 3.57. The Morgan fingerprint density at radius 2 is 1.75 bits per heavy atom. The van der Waals surface area contributed by atoms with Gasteiger partial charge in [-0.25, -0.2) is 4.98 Å². The van der Waals surface area contributed by atoms with Crippen molar-refractivity contribution in [1.29, 1.82) is 0 Å². The van der Waals surface area contributed by atoms with Crippen molar-refractivity contribution in [2.75, 3.05) is 19.5 Å². The second-order valence-corrected chi connectivity index (χ2v) is 8.88. The Kier molecular flexibility index (Phi) is 6.42. The third-order valence-corrected chi connectivity index (χ3v) is 6.45. The van der Waals surface area contributed by atoms with Crippen LogP contribution < -0.4 is 14.8 Å². The lowest BCUT2D eigenvalue weighted by Crippen LogP contribution is -2.22. The predicted octanol–water partition coefficient (Wildman–Crippen LogP) is 6.11. The second kappa shape index (κ2) is 9.40. The third-order valence-electron chi connectivity index (χ3n) is 5.38. The minimum atomic E-state index is -0.194. The van der Waals surface area contributed by atoms with E-state index in [4.69, 9.17) is 14.5 Å². The van der Waals surface area contributed by atoms with Crippen LogP contribution in [0, 0.1) is 12.8 Å². The van der Waals surface area contributed by atoms with E-state index in [1.807, 2.05) is 49.4 Å². The number of carbonyl (C=O) groups is 1. The molecular formula is C26H26N2O3S. The van der Waals surface area contributed by atoms with Gasteiger partial charge in [0, 0.05) is 17.2 Å². The first-order valence-electron chi connectivity index (χ1n) is 10.5. The Labute approximate surface area is 192 Å². The van der Waals surface area contributed by atoms with Gasteiger partial charge in [-0.1, -0.05) is 19.1 Å². The summed E-state index contributed by atoms with van der Waals surface area (Å²) in [5, 5.41) is 3.99. The number of aromatic nitrogens is 1. The lowest BCUT2D eigenvalue weighted by molar-refractivity contribution is -0.119. The lowest BCUT2D eigenvalue weighted by Gasteiger charge is -2.14. The van der Waals surface area contributed by atoms with Crippen LogP contribution in [0.5, 0.6) is 11.5 Å². The molecule has 0 fully saturated rings. The normalized spacial score (nSPS) is 11.9. The molecule has 0 bridgehead atoms. The smallest absolute Gasteiger partial charge is 0.227 e. The highest BCUT2D eigenvalue weighted by Gasteiger charge is 2.16. The number of hydrogen-bond acceptors (Lipinski definition) is 5. The van der Waals surface area contributed by atoms with Crippen LogP contribution in [0.3, 0.4) is 0 Å². The van der Waals surface area contributed by atoms with Gasteiger partial charge in [0.2, 0.25) is 5.91 Å². The predicted molar refractivity (Wildman–Crippen MR) is 131 cm³/mol. The summed E-state index contributed by atoms with van der Waals surface area (Å²) in [7, 11) is 3.22. The van der Waals surface area contributed by atoms with Gasteiger partial charge in [0.05, 0.1) is 24.4 Å². The van der Waals surface area contributed by atoms with Gasteiger partial charge in [0.15, 0.2) is 11.5 Å². The van der Waals surface area contributed by atoms with Crippen LogP contribution in [-0.4, -0.2) is 25.1 Å². The van der Waals surface area contributed by atoms with Gasteiger partial charge in [-0.3, -0.25) is 4.79 Å². The van der Waals surface area contributed by atoms with Crippen molar-refractivity contribution < 1.29 is 14.3 Å². The van der Waals surface area contributed by atoms with Crippen LogP contribution in [0.1, 0.15) is 18.1 Å². The quantitative estimate of drug-likeness (QED) is 0.372. The van der Waals surface area contributed by atoms with Crippen molar-refractivity contribution in [3.63, 3.8) is 0 Å². The molecule has 1 aromatic heterocycles. The molecule has 1 atom stereocenters. The largest absolute Gasteiger partial charge is 0.493 e. The summed E-state index contributed by atoms with van der Waals surface area (Å²) in [4.78, 5) is 17.4. The summed E-state index contributed by atoms with van der Waals surface area (Å²) >= 11 is 1.68. The minimum absolute atomic E-state index is 0.0250. The maximum Gasteiger partial charge on any atom is 0.227 e. The maximum absolute atomic E-state index is 12.7. The molecule has 1 N–H and O–H groups in total. The number of thiazole rings is 1. The molecule has 1 amide bonds. The first kappa shape index (κ1) is 21.8. The number of carbonyl (C=O) groups excluding carboxylic acids is 1. The number of rotatable bonds is 7. The molecule has 32 heavy (non-hydrogen) atoms. The van der Waals surface area contributed by atoms with E-state index in [-0.39, 0.29) is 11.8 Å². The SMILES string of the molecule is COc1ccc(CC(C)C(=O)Nc2ccc(-c3nc4ccc(C)cc4s3)cc2)cc1OC. The highest BCUT2D eigenvalue weighted by Crippen LogP contribution is 2.32. The van der Waals surface area contributed by atoms with E-state index in [1.54, 1.807) is 25.6 Å². The van der Waals surface area contributed by atoms with Gasteiger partial charge in [-0.2, -0.15) is 0 Å². The van der Waals surface area contributed by atoms with Crippen molar-refractivity contribution in [1.82, 2.24) is 4.98 Å². The number of nitrogens with zero attached hydrogens (tertiary/aromatic N) is 1. The molecule has 0 spiro atoms. The second-order valence-electron chi connectivity index (χ2n) is 7.85. The number of anilines is 1. The Hall–Kier alpha value is -3.38. The average Bonchev–Trinajstić information content (AvgIpc) is 3.22. The van der Waals surface area contributed by atoms with Crippen LogP contribution in [0.15, 0.2) is 60.7 Å². The maximum atomic E-state index is 12.7. The van der Waals surface area contributed by atoms with E-state index in [1.165, 1.54) is 10.3 Å². The minimum Gasteiger partial charge on any atom is -0.493 e. The molecule has 4 aromatic rings. The Balaban J connectivity index is 1.41.